The van der Waals surface area contributed by atoms with Gasteiger partial charge in [0, 0.05) is 24.7 Å². The zero-order chi connectivity index (χ0) is 16.4. The van der Waals surface area contributed by atoms with Gasteiger partial charge in [-0.1, -0.05) is 12.1 Å². The highest BCUT2D eigenvalue weighted by Gasteiger charge is 2.27. The van der Waals surface area contributed by atoms with E-state index in [0.717, 1.165) is 29.6 Å². The predicted octanol–water partition coefficient (Wildman–Crippen LogP) is 3.03. The van der Waals surface area contributed by atoms with Crippen LogP contribution in [-0.2, 0) is 0 Å². The Kier molecular flexibility index (Phi) is 4.76. The number of hydrogen-bond acceptors (Lipinski definition) is 4. The number of rotatable bonds is 4. The molecular weight excluding hydrogens is 300 g/mol. The van der Waals surface area contributed by atoms with Gasteiger partial charge in [0.2, 0.25) is 0 Å². The highest BCUT2D eigenvalue weighted by atomic mass is 16.5. The lowest BCUT2D eigenvalue weighted by molar-refractivity contribution is 0.120. The molecule has 0 amide bonds. The van der Waals surface area contributed by atoms with Crippen molar-refractivity contribution < 1.29 is 9.47 Å². The summed E-state index contributed by atoms with van der Waals surface area (Å²) in [5.41, 5.74) is 2.52. The van der Waals surface area contributed by atoms with Crippen molar-refractivity contribution in [2.75, 3.05) is 46.4 Å². The molecule has 1 aromatic rings. The molecule has 0 aliphatic carbocycles. The van der Waals surface area contributed by atoms with Gasteiger partial charge in [-0.25, -0.2) is 0 Å². The molecule has 3 aliphatic heterocycles. The molecule has 0 spiro atoms. The molecule has 4 rings (SSSR count). The number of methoxy groups -OCH3 is 1. The Bertz CT molecular complexity index is 608. The van der Waals surface area contributed by atoms with Crippen LogP contribution in [0.25, 0.3) is 6.08 Å². The van der Waals surface area contributed by atoms with Crippen LogP contribution < -0.4 is 9.47 Å². The second-order valence-corrected chi connectivity index (χ2v) is 7.24. The van der Waals surface area contributed by atoms with Crippen molar-refractivity contribution in [3.63, 3.8) is 0 Å². The SMILES string of the molecule is COc1cccc2c1OCC(CN1CCC[C@H](N3CCCC3)C1)=C2. The fraction of sp³-hybridized carbons (Fsp3) is 0.600. The van der Waals surface area contributed by atoms with Crippen molar-refractivity contribution in [1.82, 2.24) is 9.80 Å². The minimum Gasteiger partial charge on any atom is -0.493 e. The highest BCUT2D eigenvalue weighted by Crippen LogP contribution is 2.35. The van der Waals surface area contributed by atoms with Crippen molar-refractivity contribution in [2.24, 2.45) is 0 Å². The molecule has 3 heterocycles. The van der Waals surface area contributed by atoms with Crippen LogP contribution in [0, 0.1) is 0 Å². The zero-order valence-corrected chi connectivity index (χ0v) is 14.7. The largest absolute Gasteiger partial charge is 0.493 e. The molecule has 4 nitrogen and oxygen atoms in total. The van der Waals surface area contributed by atoms with E-state index in [4.69, 9.17) is 9.47 Å². The van der Waals surface area contributed by atoms with Crippen LogP contribution in [-0.4, -0.2) is 62.3 Å². The number of fused-ring (bicyclic) bond motifs is 1. The third-order valence-electron chi connectivity index (χ3n) is 5.56. The summed E-state index contributed by atoms with van der Waals surface area (Å²) in [5.74, 6) is 1.72. The van der Waals surface area contributed by atoms with Crippen LogP contribution in [0.15, 0.2) is 23.8 Å². The van der Waals surface area contributed by atoms with E-state index in [-0.39, 0.29) is 0 Å². The Balaban J connectivity index is 1.42. The third kappa shape index (κ3) is 3.31. The van der Waals surface area contributed by atoms with Gasteiger partial charge in [-0.3, -0.25) is 9.80 Å². The van der Waals surface area contributed by atoms with Gasteiger partial charge in [-0.2, -0.15) is 0 Å². The number of nitrogens with zero attached hydrogens (tertiary/aromatic N) is 2. The van der Waals surface area contributed by atoms with E-state index in [0.29, 0.717) is 6.61 Å². The first-order valence-electron chi connectivity index (χ1n) is 9.29. The monoisotopic (exact) mass is 328 g/mol. The maximum Gasteiger partial charge on any atom is 0.168 e. The first-order chi connectivity index (χ1) is 11.8. The molecule has 2 fully saturated rings. The van der Waals surface area contributed by atoms with Gasteiger partial charge in [0.05, 0.1) is 7.11 Å². The summed E-state index contributed by atoms with van der Waals surface area (Å²) in [6.07, 6.45) is 7.74. The Hall–Kier alpha value is -1.52. The third-order valence-corrected chi connectivity index (χ3v) is 5.56. The van der Waals surface area contributed by atoms with E-state index in [1.54, 1.807) is 7.11 Å². The normalized spacial score (nSPS) is 25.0. The van der Waals surface area contributed by atoms with Crippen LogP contribution in [0.1, 0.15) is 31.2 Å². The second-order valence-electron chi connectivity index (χ2n) is 7.24. The lowest BCUT2D eigenvalue weighted by Crippen LogP contribution is -2.47. The van der Waals surface area contributed by atoms with Crippen molar-refractivity contribution in [3.8, 4) is 11.5 Å². The summed E-state index contributed by atoms with van der Waals surface area (Å²) < 4.78 is 11.4. The molecule has 130 valence electrons. The van der Waals surface area contributed by atoms with Gasteiger partial charge in [-0.15, -0.1) is 0 Å². The van der Waals surface area contributed by atoms with Crippen LogP contribution >= 0.6 is 0 Å². The van der Waals surface area contributed by atoms with Gasteiger partial charge in [0.15, 0.2) is 11.5 Å². The molecule has 1 atom stereocenters. The predicted molar refractivity (Wildman–Crippen MR) is 96.7 cm³/mol. The summed E-state index contributed by atoms with van der Waals surface area (Å²) in [7, 11) is 1.70. The molecule has 2 saturated heterocycles. The van der Waals surface area contributed by atoms with E-state index < -0.39 is 0 Å². The minimum absolute atomic E-state index is 0.679. The van der Waals surface area contributed by atoms with Gasteiger partial charge < -0.3 is 9.47 Å². The van der Waals surface area contributed by atoms with E-state index in [2.05, 4.69) is 21.9 Å². The Morgan fingerprint density at radius 3 is 2.88 bits per heavy atom. The van der Waals surface area contributed by atoms with E-state index in [1.807, 2.05) is 12.1 Å². The molecule has 0 bridgehead atoms. The van der Waals surface area contributed by atoms with Crippen LogP contribution in [0.4, 0.5) is 0 Å². The van der Waals surface area contributed by atoms with Crippen molar-refractivity contribution >= 4 is 6.08 Å². The number of hydrogen-bond donors (Lipinski definition) is 0. The quantitative estimate of drug-likeness (QED) is 0.848. The number of para-hydroxylation sites is 1. The fourth-order valence-electron chi connectivity index (χ4n) is 4.35. The van der Waals surface area contributed by atoms with E-state index in [9.17, 15) is 0 Å². The number of ether oxygens (including phenoxy) is 2. The van der Waals surface area contributed by atoms with Crippen molar-refractivity contribution in [2.45, 2.75) is 31.7 Å². The standard InChI is InChI=1S/C20H28N2O2/c1-23-19-8-4-6-17-12-16(15-24-20(17)19)13-21-9-5-7-18(14-21)22-10-2-3-11-22/h4,6,8,12,18H,2-3,5,7,9-11,13-15H2,1H3/t18-/m0/s1. The van der Waals surface area contributed by atoms with E-state index in [1.165, 1.54) is 57.4 Å². The average molecular weight is 328 g/mol. The molecule has 0 aromatic heterocycles. The fourth-order valence-corrected chi connectivity index (χ4v) is 4.35. The van der Waals surface area contributed by atoms with Crippen LogP contribution in [0.3, 0.4) is 0 Å². The molecular formula is C20H28N2O2. The molecule has 0 N–H and O–H groups in total. The van der Waals surface area contributed by atoms with Gasteiger partial charge >= 0.3 is 0 Å². The molecule has 0 saturated carbocycles. The Morgan fingerprint density at radius 1 is 1.17 bits per heavy atom. The maximum atomic E-state index is 6.00. The number of piperidine rings is 1. The topological polar surface area (TPSA) is 24.9 Å². The summed E-state index contributed by atoms with van der Waals surface area (Å²) in [4.78, 5) is 5.32. The Labute approximate surface area is 145 Å². The van der Waals surface area contributed by atoms with Crippen LogP contribution in [0.5, 0.6) is 11.5 Å². The molecule has 24 heavy (non-hydrogen) atoms. The number of likely N-dealkylation sites (tertiary alicyclic amines) is 2. The lowest BCUT2D eigenvalue weighted by atomic mass is 10.0. The van der Waals surface area contributed by atoms with Crippen LogP contribution in [0.2, 0.25) is 0 Å². The maximum absolute atomic E-state index is 6.00. The molecule has 0 unspecified atom stereocenters. The second kappa shape index (κ2) is 7.16. The molecule has 3 aliphatic rings. The van der Waals surface area contributed by atoms with Gasteiger partial charge in [-0.05, 0) is 63.0 Å². The van der Waals surface area contributed by atoms with Crippen molar-refractivity contribution in [3.05, 3.63) is 29.3 Å². The molecule has 0 radical (unpaired) electrons. The minimum atomic E-state index is 0.679. The molecule has 4 heteroatoms. The summed E-state index contributed by atoms with van der Waals surface area (Å²) >= 11 is 0. The highest BCUT2D eigenvalue weighted by molar-refractivity contribution is 5.66. The first-order valence-corrected chi connectivity index (χ1v) is 9.29. The van der Waals surface area contributed by atoms with Gasteiger partial charge in [0.1, 0.15) is 6.61 Å². The lowest BCUT2D eigenvalue weighted by Gasteiger charge is -2.38. The molecule has 1 aromatic carbocycles. The number of benzene rings is 1. The first kappa shape index (κ1) is 16.0. The zero-order valence-electron chi connectivity index (χ0n) is 14.7. The summed E-state index contributed by atoms with van der Waals surface area (Å²) in [5, 5.41) is 0. The van der Waals surface area contributed by atoms with E-state index >= 15 is 0 Å². The smallest absolute Gasteiger partial charge is 0.168 e. The summed E-state index contributed by atoms with van der Waals surface area (Å²) in [6, 6.07) is 6.87. The van der Waals surface area contributed by atoms with Crippen molar-refractivity contribution in [1.29, 1.82) is 0 Å². The van der Waals surface area contributed by atoms with Gasteiger partial charge in [0.25, 0.3) is 0 Å². The Morgan fingerprint density at radius 2 is 2.04 bits per heavy atom. The summed E-state index contributed by atoms with van der Waals surface area (Å²) in [6.45, 7) is 6.74. The average Bonchev–Trinajstić information content (AvgIpc) is 3.16.